The molecule has 0 radical (unpaired) electrons. The Kier molecular flexibility index (Phi) is 8.55. The Morgan fingerprint density at radius 2 is 1.77 bits per heavy atom. The maximum Gasteiger partial charge on any atom is 0.306 e. The van der Waals surface area contributed by atoms with Crippen molar-refractivity contribution >= 4 is 17.3 Å². The van der Waals surface area contributed by atoms with Gasteiger partial charge in [0.25, 0.3) is 5.69 Å². The van der Waals surface area contributed by atoms with Gasteiger partial charge in [0.2, 0.25) is 0 Å². The quantitative estimate of drug-likeness (QED) is 0.340. The molecule has 0 bridgehead atoms. The molecule has 0 heterocycles. The van der Waals surface area contributed by atoms with E-state index in [1.54, 1.807) is 6.07 Å². The molecule has 1 atom stereocenters. The summed E-state index contributed by atoms with van der Waals surface area (Å²) in [5.74, 6) is 0.412. The summed E-state index contributed by atoms with van der Waals surface area (Å²) in [5, 5.41) is 11.7. The number of rotatable bonds is 10. The average Bonchev–Trinajstić information content (AvgIpc) is 2.57. The Morgan fingerprint density at radius 1 is 1.19 bits per heavy atom. The van der Waals surface area contributed by atoms with Crippen molar-refractivity contribution in [2.24, 2.45) is 11.8 Å². The van der Waals surface area contributed by atoms with Crippen LogP contribution in [0, 0.1) is 22.0 Å². The van der Waals surface area contributed by atoms with E-state index in [1.807, 2.05) is 19.1 Å². The van der Waals surface area contributed by atoms with Crippen molar-refractivity contribution in [1.29, 1.82) is 0 Å². The molecule has 0 unspecified atom stereocenters. The molecule has 0 aliphatic heterocycles. The predicted octanol–water partition coefficient (Wildman–Crippen LogP) is 4.77. The van der Waals surface area contributed by atoms with E-state index in [2.05, 4.69) is 32.6 Å². The summed E-state index contributed by atoms with van der Waals surface area (Å²) in [7, 11) is 1.36. The minimum atomic E-state index is -0.322. The fraction of sp³-hybridized carbons (Fsp3) is 0.650. The van der Waals surface area contributed by atoms with Gasteiger partial charge in [0.05, 0.1) is 18.5 Å². The maximum absolute atomic E-state index is 11.7. The zero-order valence-electron chi connectivity index (χ0n) is 16.8. The van der Waals surface area contributed by atoms with Gasteiger partial charge >= 0.3 is 5.97 Å². The highest BCUT2D eigenvalue weighted by atomic mass is 16.6. The first-order chi connectivity index (χ1) is 12.2. The second kappa shape index (κ2) is 10.1. The van der Waals surface area contributed by atoms with Gasteiger partial charge in [-0.2, -0.15) is 0 Å². The third kappa shape index (κ3) is 6.32. The first-order valence-corrected chi connectivity index (χ1v) is 9.29. The Labute approximate surface area is 156 Å². The van der Waals surface area contributed by atoms with Crippen LogP contribution < -0.4 is 4.90 Å². The lowest BCUT2D eigenvalue weighted by Gasteiger charge is -2.28. The largest absolute Gasteiger partial charge is 0.469 e. The molecule has 0 aliphatic carbocycles. The normalized spacial score (nSPS) is 12.3. The summed E-state index contributed by atoms with van der Waals surface area (Å²) < 4.78 is 4.75. The predicted molar refractivity (Wildman–Crippen MR) is 105 cm³/mol. The molecular formula is C20H32N2O4. The standard InChI is InChI=1S/C20H32N2O4/c1-7-16(11-20(23)26-6)17-8-9-18(19(10-17)22(24)25)21(12-14(2)3)13-15(4)5/h8-10,14-16H,7,11-13H2,1-6H3/t16-/m1/s1. The van der Waals surface area contributed by atoms with Crippen molar-refractivity contribution in [3.63, 3.8) is 0 Å². The molecule has 0 saturated heterocycles. The summed E-state index contributed by atoms with van der Waals surface area (Å²) >= 11 is 0. The first kappa shape index (κ1) is 21.9. The first-order valence-electron chi connectivity index (χ1n) is 9.29. The van der Waals surface area contributed by atoms with Crippen LogP contribution in [-0.2, 0) is 9.53 Å². The number of carbonyl (C=O) groups is 1. The molecule has 146 valence electrons. The minimum absolute atomic E-state index is 0.0844. The van der Waals surface area contributed by atoms with Crippen LogP contribution >= 0.6 is 0 Å². The van der Waals surface area contributed by atoms with Crippen LogP contribution in [-0.4, -0.2) is 31.1 Å². The van der Waals surface area contributed by atoms with Crippen molar-refractivity contribution in [2.45, 2.75) is 53.4 Å². The third-order valence-corrected chi connectivity index (χ3v) is 4.31. The van der Waals surface area contributed by atoms with Gasteiger partial charge < -0.3 is 9.64 Å². The number of nitro groups is 1. The van der Waals surface area contributed by atoms with Crippen LogP contribution in [0.15, 0.2) is 18.2 Å². The summed E-state index contributed by atoms with van der Waals surface area (Å²) in [6.07, 6.45) is 0.943. The number of hydrogen-bond acceptors (Lipinski definition) is 5. The van der Waals surface area contributed by atoms with E-state index in [0.717, 1.165) is 18.7 Å². The molecule has 26 heavy (non-hydrogen) atoms. The molecule has 0 saturated carbocycles. The molecular weight excluding hydrogens is 332 g/mol. The summed E-state index contributed by atoms with van der Waals surface area (Å²) in [5.41, 5.74) is 1.56. The van der Waals surface area contributed by atoms with Gasteiger partial charge in [0.15, 0.2) is 0 Å². The van der Waals surface area contributed by atoms with Crippen molar-refractivity contribution < 1.29 is 14.5 Å². The van der Waals surface area contributed by atoms with E-state index in [-0.39, 0.29) is 28.9 Å². The monoisotopic (exact) mass is 364 g/mol. The van der Waals surface area contributed by atoms with Crippen LogP contribution in [0.25, 0.3) is 0 Å². The molecule has 0 N–H and O–H groups in total. The van der Waals surface area contributed by atoms with Crippen molar-refractivity contribution in [3.05, 3.63) is 33.9 Å². The van der Waals surface area contributed by atoms with Crippen LogP contribution in [0.4, 0.5) is 11.4 Å². The van der Waals surface area contributed by atoms with Gasteiger partial charge in [-0.25, -0.2) is 0 Å². The molecule has 1 aromatic carbocycles. The zero-order chi connectivity index (χ0) is 19.9. The number of anilines is 1. The molecule has 0 aliphatic rings. The lowest BCUT2D eigenvalue weighted by Crippen LogP contribution is -2.31. The number of methoxy groups -OCH3 is 1. The van der Waals surface area contributed by atoms with Crippen molar-refractivity contribution in [3.8, 4) is 0 Å². The Hall–Kier alpha value is -2.11. The number of nitrogens with zero attached hydrogens (tertiary/aromatic N) is 2. The van der Waals surface area contributed by atoms with Crippen LogP contribution in [0.1, 0.15) is 58.9 Å². The molecule has 1 aromatic rings. The highest BCUT2D eigenvalue weighted by molar-refractivity contribution is 5.71. The van der Waals surface area contributed by atoms with Gasteiger partial charge in [-0.15, -0.1) is 0 Å². The number of hydrogen-bond donors (Lipinski definition) is 0. The summed E-state index contributed by atoms with van der Waals surface area (Å²) in [6.45, 7) is 11.9. The minimum Gasteiger partial charge on any atom is -0.469 e. The molecule has 6 heteroatoms. The van der Waals surface area contributed by atoms with E-state index in [1.165, 1.54) is 7.11 Å². The van der Waals surface area contributed by atoms with Crippen LogP contribution in [0.2, 0.25) is 0 Å². The third-order valence-electron chi connectivity index (χ3n) is 4.31. The van der Waals surface area contributed by atoms with Crippen LogP contribution in [0.5, 0.6) is 0 Å². The summed E-state index contributed by atoms with van der Waals surface area (Å²) in [6, 6.07) is 5.37. The van der Waals surface area contributed by atoms with E-state index in [0.29, 0.717) is 23.9 Å². The second-order valence-corrected chi connectivity index (χ2v) is 7.58. The van der Waals surface area contributed by atoms with Gasteiger partial charge in [-0.1, -0.05) is 40.7 Å². The van der Waals surface area contributed by atoms with E-state index >= 15 is 0 Å². The Bertz CT molecular complexity index is 604. The lowest BCUT2D eigenvalue weighted by atomic mass is 9.92. The SMILES string of the molecule is CC[C@H](CC(=O)OC)c1ccc(N(CC(C)C)CC(C)C)c([N+](=O)[O-])c1. The Balaban J connectivity index is 3.28. The topological polar surface area (TPSA) is 72.7 Å². The molecule has 0 spiro atoms. The highest BCUT2D eigenvalue weighted by Gasteiger charge is 2.24. The molecule has 0 amide bonds. The second-order valence-electron chi connectivity index (χ2n) is 7.58. The smallest absolute Gasteiger partial charge is 0.306 e. The number of benzene rings is 1. The number of carbonyl (C=O) groups excluding carboxylic acids is 1. The fourth-order valence-corrected chi connectivity index (χ4v) is 3.14. The number of nitro benzene ring substituents is 1. The van der Waals surface area contributed by atoms with Gasteiger partial charge in [-0.3, -0.25) is 14.9 Å². The average molecular weight is 364 g/mol. The lowest BCUT2D eigenvalue weighted by molar-refractivity contribution is -0.384. The molecule has 0 aromatic heterocycles. The van der Waals surface area contributed by atoms with Crippen molar-refractivity contribution in [2.75, 3.05) is 25.1 Å². The van der Waals surface area contributed by atoms with Crippen LogP contribution in [0.3, 0.4) is 0 Å². The van der Waals surface area contributed by atoms with Gasteiger partial charge in [-0.05, 0) is 35.8 Å². The fourth-order valence-electron chi connectivity index (χ4n) is 3.14. The van der Waals surface area contributed by atoms with E-state index in [4.69, 9.17) is 4.74 Å². The Morgan fingerprint density at radius 3 is 2.19 bits per heavy atom. The molecule has 0 fully saturated rings. The maximum atomic E-state index is 11.7. The van der Waals surface area contributed by atoms with E-state index < -0.39 is 0 Å². The molecule has 6 nitrogen and oxygen atoms in total. The van der Waals surface area contributed by atoms with Crippen molar-refractivity contribution in [1.82, 2.24) is 0 Å². The highest BCUT2D eigenvalue weighted by Crippen LogP contribution is 2.34. The zero-order valence-corrected chi connectivity index (χ0v) is 16.8. The van der Waals surface area contributed by atoms with E-state index in [9.17, 15) is 14.9 Å². The number of esters is 1. The van der Waals surface area contributed by atoms with Gasteiger partial charge in [0.1, 0.15) is 5.69 Å². The van der Waals surface area contributed by atoms with Gasteiger partial charge in [0, 0.05) is 19.2 Å². The number of ether oxygens (including phenoxy) is 1. The molecule has 1 rings (SSSR count). The summed E-state index contributed by atoms with van der Waals surface area (Å²) in [4.78, 5) is 25.1.